The first-order chi connectivity index (χ1) is 7.21. The fraction of sp³-hybridized carbons (Fsp3) is 0.500. The molecule has 15 heavy (non-hydrogen) atoms. The lowest BCUT2D eigenvalue weighted by atomic mass is 9.90. The second-order valence-electron chi connectivity index (χ2n) is 4.13. The highest BCUT2D eigenvalue weighted by molar-refractivity contribution is 6.34. The van der Waals surface area contributed by atoms with E-state index in [2.05, 4.69) is 30.5 Å². The lowest BCUT2D eigenvalue weighted by Gasteiger charge is -2.39. The third-order valence-corrected chi connectivity index (χ3v) is 3.69. The molecule has 0 bridgehead atoms. The fourth-order valence-electron chi connectivity index (χ4n) is 2.05. The Hall–Kier alpha value is -0.890. The molecule has 1 heterocycles. The van der Waals surface area contributed by atoms with E-state index in [4.69, 9.17) is 11.6 Å². The van der Waals surface area contributed by atoms with E-state index >= 15 is 0 Å². The molecule has 0 aromatic heterocycles. The van der Waals surface area contributed by atoms with Gasteiger partial charge in [-0.1, -0.05) is 31.5 Å². The van der Waals surface area contributed by atoms with Crippen molar-refractivity contribution in [3.05, 3.63) is 23.2 Å². The summed E-state index contributed by atoms with van der Waals surface area (Å²) in [6.07, 6.45) is 2.20. The molecule has 82 valence electrons. The van der Waals surface area contributed by atoms with Crippen molar-refractivity contribution < 1.29 is 0 Å². The fourth-order valence-corrected chi connectivity index (χ4v) is 2.27. The molecule has 2 rings (SSSR count). The molecule has 0 saturated carbocycles. The predicted octanol–water partition coefficient (Wildman–Crippen LogP) is 3.74. The van der Waals surface area contributed by atoms with Crippen molar-refractivity contribution in [3.63, 3.8) is 0 Å². The summed E-state index contributed by atoms with van der Waals surface area (Å²) in [6.45, 7) is 5.38. The molecule has 1 aliphatic heterocycles. The Labute approximate surface area is 96.0 Å². The molecule has 2 nitrogen and oxygen atoms in total. The van der Waals surface area contributed by atoms with Gasteiger partial charge in [-0.2, -0.15) is 0 Å². The van der Waals surface area contributed by atoms with E-state index in [-0.39, 0.29) is 5.54 Å². The largest absolute Gasteiger partial charge is 0.381 e. The Morgan fingerprint density at radius 2 is 2.07 bits per heavy atom. The maximum Gasteiger partial charge on any atom is 0.0770 e. The molecule has 0 fully saturated rings. The van der Waals surface area contributed by atoms with E-state index < -0.39 is 0 Å². The van der Waals surface area contributed by atoms with Crippen LogP contribution in [0.1, 0.15) is 26.7 Å². The number of para-hydroxylation sites is 1. The smallest absolute Gasteiger partial charge is 0.0770 e. The number of benzene rings is 1. The highest BCUT2D eigenvalue weighted by atomic mass is 35.5. The Morgan fingerprint density at radius 1 is 1.33 bits per heavy atom. The van der Waals surface area contributed by atoms with Crippen molar-refractivity contribution in [2.75, 3.05) is 17.2 Å². The molecule has 0 saturated heterocycles. The standard InChI is InChI=1S/C12H17ClN2/c1-3-12(4-2)8-14-10-7-5-6-9(13)11(10)15-12/h5-7,14-15H,3-4,8H2,1-2H3. The van der Waals surface area contributed by atoms with Crippen LogP contribution in [0.25, 0.3) is 0 Å². The van der Waals surface area contributed by atoms with Crippen LogP contribution >= 0.6 is 11.6 Å². The van der Waals surface area contributed by atoms with Gasteiger partial charge in [-0.05, 0) is 25.0 Å². The van der Waals surface area contributed by atoms with Crippen molar-refractivity contribution in [2.24, 2.45) is 0 Å². The normalized spacial score (nSPS) is 17.5. The van der Waals surface area contributed by atoms with Crippen LogP contribution in [0.15, 0.2) is 18.2 Å². The van der Waals surface area contributed by atoms with Gasteiger partial charge in [0.25, 0.3) is 0 Å². The van der Waals surface area contributed by atoms with Gasteiger partial charge in [-0.15, -0.1) is 0 Å². The zero-order chi connectivity index (χ0) is 10.9. The zero-order valence-electron chi connectivity index (χ0n) is 9.23. The summed E-state index contributed by atoms with van der Waals surface area (Å²) in [5.41, 5.74) is 2.31. The summed E-state index contributed by atoms with van der Waals surface area (Å²) >= 11 is 6.18. The molecule has 1 aromatic carbocycles. The Kier molecular flexibility index (Phi) is 2.79. The number of hydrogen-bond acceptors (Lipinski definition) is 2. The van der Waals surface area contributed by atoms with Gasteiger partial charge in [0.1, 0.15) is 0 Å². The summed E-state index contributed by atoms with van der Waals surface area (Å²) in [5, 5.41) is 7.83. The molecule has 1 aromatic rings. The molecular formula is C12H17ClN2. The number of rotatable bonds is 2. The van der Waals surface area contributed by atoms with Gasteiger partial charge in [0.05, 0.1) is 21.9 Å². The predicted molar refractivity (Wildman–Crippen MR) is 66.9 cm³/mol. The van der Waals surface area contributed by atoms with Gasteiger partial charge in [0.2, 0.25) is 0 Å². The number of fused-ring (bicyclic) bond motifs is 1. The number of anilines is 2. The quantitative estimate of drug-likeness (QED) is 0.800. The summed E-state index contributed by atoms with van der Waals surface area (Å²) in [4.78, 5) is 0. The first-order valence-electron chi connectivity index (χ1n) is 5.51. The van der Waals surface area contributed by atoms with Crippen molar-refractivity contribution >= 4 is 23.0 Å². The molecule has 0 unspecified atom stereocenters. The molecule has 0 atom stereocenters. The minimum Gasteiger partial charge on any atom is -0.381 e. The minimum atomic E-state index is 0.151. The van der Waals surface area contributed by atoms with Crippen LogP contribution in [-0.4, -0.2) is 12.1 Å². The maximum absolute atomic E-state index is 6.18. The van der Waals surface area contributed by atoms with E-state index in [1.807, 2.05) is 12.1 Å². The Balaban J connectivity index is 2.36. The molecule has 0 amide bonds. The van der Waals surface area contributed by atoms with Crippen LogP contribution in [-0.2, 0) is 0 Å². The van der Waals surface area contributed by atoms with Gasteiger partial charge in [0, 0.05) is 6.54 Å². The van der Waals surface area contributed by atoms with Crippen LogP contribution in [0.2, 0.25) is 5.02 Å². The topological polar surface area (TPSA) is 24.1 Å². The molecule has 2 N–H and O–H groups in total. The number of hydrogen-bond donors (Lipinski definition) is 2. The van der Waals surface area contributed by atoms with Crippen LogP contribution in [0.3, 0.4) is 0 Å². The number of nitrogens with one attached hydrogen (secondary N) is 2. The van der Waals surface area contributed by atoms with Gasteiger partial charge in [-0.3, -0.25) is 0 Å². The van der Waals surface area contributed by atoms with E-state index in [9.17, 15) is 0 Å². The first-order valence-corrected chi connectivity index (χ1v) is 5.89. The van der Waals surface area contributed by atoms with Crippen LogP contribution < -0.4 is 10.6 Å². The molecule has 0 spiro atoms. The molecule has 1 aliphatic rings. The van der Waals surface area contributed by atoms with Crippen LogP contribution in [0.4, 0.5) is 11.4 Å². The summed E-state index contributed by atoms with van der Waals surface area (Å²) in [6, 6.07) is 5.96. The second kappa shape index (κ2) is 3.93. The maximum atomic E-state index is 6.18. The molecular weight excluding hydrogens is 208 g/mol. The lowest BCUT2D eigenvalue weighted by Crippen LogP contribution is -2.46. The van der Waals surface area contributed by atoms with E-state index in [0.717, 1.165) is 35.8 Å². The highest BCUT2D eigenvalue weighted by Gasteiger charge is 2.31. The zero-order valence-corrected chi connectivity index (χ0v) is 9.99. The van der Waals surface area contributed by atoms with E-state index in [1.54, 1.807) is 0 Å². The average Bonchev–Trinajstić information content (AvgIpc) is 2.29. The summed E-state index contributed by atoms with van der Waals surface area (Å²) in [5.74, 6) is 0. The van der Waals surface area contributed by atoms with Gasteiger partial charge in [0.15, 0.2) is 0 Å². The van der Waals surface area contributed by atoms with E-state index in [1.165, 1.54) is 0 Å². The van der Waals surface area contributed by atoms with Crippen molar-refractivity contribution in [2.45, 2.75) is 32.2 Å². The van der Waals surface area contributed by atoms with E-state index in [0.29, 0.717) is 0 Å². The van der Waals surface area contributed by atoms with Crippen molar-refractivity contribution in [1.29, 1.82) is 0 Å². The Bertz CT molecular complexity index is 359. The van der Waals surface area contributed by atoms with Crippen LogP contribution in [0, 0.1) is 0 Å². The van der Waals surface area contributed by atoms with Crippen molar-refractivity contribution in [3.8, 4) is 0 Å². The summed E-state index contributed by atoms with van der Waals surface area (Å²) < 4.78 is 0. The minimum absolute atomic E-state index is 0.151. The SMILES string of the molecule is CCC1(CC)CNc2cccc(Cl)c2N1. The molecule has 3 heteroatoms. The second-order valence-corrected chi connectivity index (χ2v) is 4.54. The molecule has 0 aliphatic carbocycles. The number of halogens is 1. The van der Waals surface area contributed by atoms with Gasteiger partial charge in [-0.25, -0.2) is 0 Å². The van der Waals surface area contributed by atoms with Crippen molar-refractivity contribution in [1.82, 2.24) is 0 Å². The Morgan fingerprint density at radius 3 is 2.73 bits per heavy atom. The highest BCUT2D eigenvalue weighted by Crippen LogP contribution is 2.38. The molecule has 0 radical (unpaired) electrons. The average molecular weight is 225 g/mol. The third kappa shape index (κ3) is 1.78. The third-order valence-electron chi connectivity index (χ3n) is 3.37. The monoisotopic (exact) mass is 224 g/mol. The first kappa shape index (κ1) is 10.6. The van der Waals surface area contributed by atoms with Crippen LogP contribution in [0.5, 0.6) is 0 Å². The van der Waals surface area contributed by atoms with Gasteiger partial charge >= 0.3 is 0 Å². The van der Waals surface area contributed by atoms with Gasteiger partial charge < -0.3 is 10.6 Å². The lowest BCUT2D eigenvalue weighted by molar-refractivity contribution is 0.451. The summed E-state index contributed by atoms with van der Waals surface area (Å²) in [7, 11) is 0.